The Labute approximate surface area is 226 Å². The van der Waals surface area contributed by atoms with Gasteiger partial charge >= 0.3 is 0 Å². The molecule has 0 N–H and O–H groups in total. The zero-order valence-corrected chi connectivity index (χ0v) is 21.9. The minimum Gasteiger partial charge on any atom is -0.309 e. The van der Waals surface area contributed by atoms with Crippen molar-refractivity contribution >= 4 is 44.9 Å². The lowest BCUT2D eigenvalue weighted by Crippen LogP contribution is -2.24. The van der Waals surface area contributed by atoms with Gasteiger partial charge in [-0.1, -0.05) is 121 Å². The monoisotopic (exact) mass is 521 g/mol. The first-order valence-electron chi connectivity index (χ1n) is 12.9. The molecule has 0 fully saturated rings. The molecule has 0 aliphatic carbocycles. The number of para-hydroxylation sites is 2. The van der Waals surface area contributed by atoms with Crippen molar-refractivity contribution in [1.82, 2.24) is 14.5 Å². The molecule has 5 heteroatoms. The van der Waals surface area contributed by atoms with Crippen LogP contribution in [0, 0.1) is 0 Å². The molecule has 4 nitrogen and oxygen atoms in total. The molecule has 7 aromatic rings. The van der Waals surface area contributed by atoms with Crippen molar-refractivity contribution in [3.63, 3.8) is 0 Å². The summed E-state index contributed by atoms with van der Waals surface area (Å²) >= 11 is 0. The van der Waals surface area contributed by atoms with Gasteiger partial charge in [-0.2, -0.15) is 0 Å². The first kappa shape index (κ1) is 23.3. The highest BCUT2D eigenvalue weighted by atomic mass is 31.2. The lowest BCUT2D eigenvalue weighted by molar-refractivity contribution is 0.592. The number of aromatic nitrogens is 3. The van der Waals surface area contributed by atoms with Gasteiger partial charge in [-0.3, -0.25) is 4.57 Å². The summed E-state index contributed by atoms with van der Waals surface area (Å²) in [5.74, 6) is 0.806. The largest absolute Gasteiger partial charge is 0.309 e. The summed E-state index contributed by atoms with van der Waals surface area (Å²) in [4.78, 5) is 9.25. The summed E-state index contributed by atoms with van der Waals surface area (Å²) in [6.45, 7) is 0. The Morgan fingerprint density at radius 2 is 1.00 bits per heavy atom. The van der Waals surface area contributed by atoms with Crippen molar-refractivity contribution in [3.8, 4) is 17.1 Å². The Morgan fingerprint density at radius 3 is 1.56 bits per heavy atom. The number of fused-ring (bicyclic) bond motifs is 3. The van der Waals surface area contributed by atoms with E-state index in [0.29, 0.717) is 0 Å². The molecule has 0 bridgehead atoms. The van der Waals surface area contributed by atoms with Gasteiger partial charge < -0.3 is 4.57 Å². The average Bonchev–Trinajstić information content (AvgIpc) is 3.36. The van der Waals surface area contributed by atoms with Gasteiger partial charge in [0.15, 0.2) is 7.14 Å². The number of nitrogens with zero attached hydrogens (tertiary/aromatic N) is 3. The molecule has 0 unspecified atom stereocenters. The standard InChI is InChI=1S/C34H24N3OP/c38-39(26-11-3-1-4-12-26,27-13-5-2-6-14-27)28-21-19-25(20-22-28)31-23-34(36-24-35-31)37-32-17-9-7-15-29(32)30-16-8-10-18-33(30)37/h1-24H. The summed E-state index contributed by atoms with van der Waals surface area (Å²) in [5, 5.41) is 4.81. The van der Waals surface area contributed by atoms with Gasteiger partial charge in [-0.05, 0) is 12.1 Å². The Morgan fingerprint density at radius 1 is 0.513 bits per heavy atom. The first-order valence-corrected chi connectivity index (χ1v) is 14.6. The SMILES string of the molecule is O=P(c1ccccc1)(c1ccccc1)c1ccc(-c2cc(-n3c4ccccc4c4ccccc43)ncn2)cc1. The van der Waals surface area contributed by atoms with Gasteiger partial charge in [0.1, 0.15) is 12.1 Å². The maximum Gasteiger partial charge on any atom is 0.171 e. The Hall–Kier alpha value is -4.79. The van der Waals surface area contributed by atoms with E-state index in [1.54, 1.807) is 6.33 Å². The summed E-state index contributed by atoms with van der Waals surface area (Å²) in [6, 6.07) is 46.2. The van der Waals surface area contributed by atoms with Crippen LogP contribution in [0.25, 0.3) is 38.9 Å². The van der Waals surface area contributed by atoms with Gasteiger partial charge in [0.25, 0.3) is 0 Å². The van der Waals surface area contributed by atoms with Crippen molar-refractivity contribution in [1.29, 1.82) is 0 Å². The van der Waals surface area contributed by atoms with E-state index in [1.807, 2.05) is 91.0 Å². The molecule has 0 saturated carbocycles. The molecule has 186 valence electrons. The highest BCUT2D eigenvalue weighted by Gasteiger charge is 2.29. The predicted molar refractivity (Wildman–Crippen MR) is 161 cm³/mol. The van der Waals surface area contributed by atoms with Crippen LogP contribution in [0.3, 0.4) is 0 Å². The van der Waals surface area contributed by atoms with E-state index in [4.69, 9.17) is 0 Å². The fourth-order valence-electron chi connectivity index (χ4n) is 5.36. The van der Waals surface area contributed by atoms with E-state index in [2.05, 4.69) is 63.1 Å². The maximum atomic E-state index is 14.7. The van der Waals surface area contributed by atoms with Crippen LogP contribution in [-0.4, -0.2) is 14.5 Å². The Bertz CT molecular complexity index is 1880. The fourth-order valence-corrected chi connectivity index (χ4v) is 8.01. The predicted octanol–water partition coefficient (Wildman–Crippen LogP) is 6.88. The van der Waals surface area contributed by atoms with E-state index in [9.17, 15) is 4.57 Å². The molecular weight excluding hydrogens is 497 g/mol. The molecular formula is C34H24N3OP. The lowest BCUT2D eigenvalue weighted by Gasteiger charge is -2.20. The molecule has 2 heterocycles. The third-order valence-corrected chi connectivity index (χ3v) is 10.3. The van der Waals surface area contributed by atoms with Crippen LogP contribution < -0.4 is 15.9 Å². The van der Waals surface area contributed by atoms with Gasteiger partial charge in [0.05, 0.1) is 16.7 Å². The van der Waals surface area contributed by atoms with Crippen molar-refractivity contribution in [2.75, 3.05) is 0 Å². The quantitative estimate of drug-likeness (QED) is 0.232. The number of hydrogen-bond acceptors (Lipinski definition) is 3. The van der Waals surface area contributed by atoms with E-state index in [1.165, 1.54) is 10.8 Å². The molecule has 2 aromatic heterocycles. The average molecular weight is 522 g/mol. The number of hydrogen-bond donors (Lipinski definition) is 0. The third-order valence-electron chi connectivity index (χ3n) is 7.23. The number of rotatable bonds is 5. The molecule has 0 spiro atoms. The van der Waals surface area contributed by atoms with Crippen LogP contribution in [-0.2, 0) is 4.57 Å². The third kappa shape index (κ3) is 3.89. The molecule has 5 aromatic carbocycles. The Balaban J connectivity index is 1.33. The van der Waals surface area contributed by atoms with Crippen LogP contribution in [0.15, 0.2) is 146 Å². The first-order chi connectivity index (χ1) is 19.2. The zero-order valence-electron chi connectivity index (χ0n) is 21.1. The van der Waals surface area contributed by atoms with Crippen molar-refractivity contribution in [2.24, 2.45) is 0 Å². The van der Waals surface area contributed by atoms with Crippen LogP contribution in [0.4, 0.5) is 0 Å². The molecule has 0 saturated heterocycles. The highest BCUT2D eigenvalue weighted by Crippen LogP contribution is 2.42. The normalized spacial score (nSPS) is 11.7. The molecule has 0 aliphatic heterocycles. The van der Waals surface area contributed by atoms with Crippen molar-refractivity contribution in [3.05, 3.63) is 146 Å². The Kier molecular flexibility index (Phi) is 5.69. The highest BCUT2D eigenvalue weighted by molar-refractivity contribution is 7.85. The summed E-state index contributed by atoms with van der Waals surface area (Å²) in [7, 11) is -3.03. The summed E-state index contributed by atoms with van der Waals surface area (Å²) in [6.07, 6.45) is 1.61. The maximum absolute atomic E-state index is 14.7. The van der Waals surface area contributed by atoms with Gasteiger partial charge in [0.2, 0.25) is 0 Å². The second-order valence-electron chi connectivity index (χ2n) is 9.46. The summed E-state index contributed by atoms with van der Waals surface area (Å²) in [5.41, 5.74) is 3.95. The molecule has 0 atom stereocenters. The second kappa shape index (κ2) is 9.50. The van der Waals surface area contributed by atoms with E-state index < -0.39 is 7.14 Å². The summed E-state index contributed by atoms with van der Waals surface area (Å²) < 4.78 is 16.9. The van der Waals surface area contributed by atoms with E-state index >= 15 is 0 Å². The topological polar surface area (TPSA) is 47.8 Å². The van der Waals surface area contributed by atoms with Crippen molar-refractivity contribution < 1.29 is 4.57 Å². The molecule has 7 rings (SSSR count). The minimum absolute atomic E-state index is 0.792. The zero-order chi connectivity index (χ0) is 26.2. The van der Waals surface area contributed by atoms with Gasteiger partial charge in [-0.25, -0.2) is 9.97 Å². The second-order valence-corrected chi connectivity index (χ2v) is 12.2. The molecule has 0 radical (unpaired) electrons. The lowest BCUT2D eigenvalue weighted by atomic mass is 10.1. The van der Waals surface area contributed by atoms with Crippen LogP contribution in [0.2, 0.25) is 0 Å². The van der Waals surface area contributed by atoms with Crippen LogP contribution in [0.1, 0.15) is 0 Å². The molecule has 0 amide bonds. The van der Waals surface area contributed by atoms with Crippen LogP contribution >= 0.6 is 7.14 Å². The van der Waals surface area contributed by atoms with Crippen molar-refractivity contribution in [2.45, 2.75) is 0 Å². The van der Waals surface area contributed by atoms with Crippen LogP contribution in [0.5, 0.6) is 0 Å². The smallest absolute Gasteiger partial charge is 0.171 e. The van der Waals surface area contributed by atoms with E-state index in [0.717, 1.165) is 44.0 Å². The van der Waals surface area contributed by atoms with Gasteiger partial charge in [0, 0.05) is 38.3 Å². The minimum atomic E-state index is -3.03. The van der Waals surface area contributed by atoms with E-state index in [-0.39, 0.29) is 0 Å². The fraction of sp³-hybridized carbons (Fsp3) is 0. The number of benzene rings is 5. The molecule has 39 heavy (non-hydrogen) atoms. The van der Waals surface area contributed by atoms with Gasteiger partial charge in [-0.15, -0.1) is 0 Å². The molecule has 0 aliphatic rings.